The van der Waals surface area contributed by atoms with Crippen LogP contribution in [0.25, 0.3) is 22.0 Å². The van der Waals surface area contributed by atoms with Gasteiger partial charge in [0.25, 0.3) is 0 Å². The molecule has 3 aliphatic rings. The van der Waals surface area contributed by atoms with Crippen molar-refractivity contribution in [2.45, 2.75) is 18.5 Å². The number of hydrogen-bond donors (Lipinski definition) is 1. The van der Waals surface area contributed by atoms with E-state index in [0.29, 0.717) is 17.9 Å². The van der Waals surface area contributed by atoms with Crippen LogP contribution in [0.4, 0.5) is 0 Å². The third kappa shape index (κ3) is 2.97. The highest BCUT2D eigenvalue weighted by Crippen LogP contribution is 2.45. The fraction of sp³-hybridized carbons (Fsp3) is 0.214. The molecule has 4 aromatic rings. The van der Waals surface area contributed by atoms with Crippen molar-refractivity contribution in [2.24, 2.45) is 0 Å². The lowest BCUT2D eigenvalue weighted by atomic mass is 9.86. The van der Waals surface area contributed by atoms with Crippen LogP contribution >= 0.6 is 0 Å². The number of piperazine rings is 1. The summed E-state index contributed by atoms with van der Waals surface area (Å²) in [5.41, 5.74) is 6.17. The molecule has 1 saturated heterocycles. The summed E-state index contributed by atoms with van der Waals surface area (Å²) < 4.78 is 11.1. The first kappa shape index (κ1) is 20.1. The maximum absolute atomic E-state index is 13.3. The molecule has 0 aliphatic carbocycles. The average molecular weight is 466 g/mol. The molecule has 1 unspecified atom stereocenters. The van der Waals surface area contributed by atoms with Gasteiger partial charge in [-0.1, -0.05) is 42.5 Å². The number of H-pyrrole nitrogens is 1. The molecule has 3 aliphatic heterocycles. The summed E-state index contributed by atoms with van der Waals surface area (Å²) in [6.07, 6.45) is 0.476. The monoisotopic (exact) mass is 465 g/mol. The lowest BCUT2D eigenvalue weighted by Gasteiger charge is -2.46. The number of ether oxygens (including phenoxy) is 2. The van der Waals surface area contributed by atoms with Gasteiger partial charge in [-0.25, -0.2) is 0 Å². The van der Waals surface area contributed by atoms with Crippen LogP contribution in [0.15, 0.2) is 66.7 Å². The van der Waals surface area contributed by atoms with Gasteiger partial charge < -0.3 is 24.3 Å². The van der Waals surface area contributed by atoms with Gasteiger partial charge in [0.15, 0.2) is 11.5 Å². The van der Waals surface area contributed by atoms with E-state index in [9.17, 15) is 9.59 Å². The van der Waals surface area contributed by atoms with Gasteiger partial charge in [-0.15, -0.1) is 0 Å². The summed E-state index contributed by atoms with van der Waals surface area (Å²) in [6, 6.07) is 21.4. The number of carbonyl (C=O) groups is 2. The number of rotatable bonds is 2. The Kier molecular flexibility index (Phi) is 4.24. The number of aromatic nitrogens is 1. The number of carbonyl (C=O) groups excluding carboxylic acids is 2. The van der Waals surface area contributed by atoms with Crippen LogP contribution < -0.4 is 9.47 Å². The highest BCUT2D eigenvalue weighted by atomic mass is 16.7. The molecule has 2 amide bonds. The first-order valence-electron chi connectivity index (χ1n) is 11.7. The first-order chi connectivity index (χ1) is 17.1. The Morgan fingerprint density at radius 1 is 0.914 bits per heavy atom. The van der Waals surface area contributed by atoms with Gasteiger partial charge in [0.05, 0.1) is 12.6 Å². The van der Waals surface area contributed by atoms with Gasteiger partial charge in [-0.3, -0.25) is 9.59 Å². The molecule has 0 bridgehead atoms. The predicted octanol–water partition coefficient (Wildman–Crippen LogP) is 3.88. The highest BCUT2D eigenvalue weighted by molar-refractivity contribution is 5.98. The highest BCUT2D eigenvalue weighted by Gasteiger charge is 2.47. The lowest BCUT2D eigenvalue weighted by Crippen LogP contribution is -2.62. The molecule has 2 atom stereocenters. The number of likely N-dealkylation sites (N-methyl/N-ethyl adjacent to an activating group) is 1. The second-order valence-corrected chi connectivity index (χ2v) is 9.37. The van der Waals surface area contributed by atoms with Crippen molar-refractivity contribution >= 4 is 22.7 Å². The quantitative estimate of drug-likeness (QED) is 0.488. The molecule has 0 spiro atoms. The third-order valence-corrected chi connectivity index (χ3v) is 7.37. The number of aromatic amines is 1. The van der Waals surface area contributed by atoms with Gasteiger partial charge in [0.1, 0.15) is 6.04 Å². The summed E-state index contributed by atoms with van der Waals surface area (Å²) in [7, 11) is 1.70. The van der Waals surface area contributed by atoms with E-state index in [-0.39, 0.29) is 25.2 Å². The summed E-state index contributed by atoms with van der Waals surface area (Å²) in [4.78, 5) is 33.5. The number of nitrogens with one attached hydrogen (secondary N) is 1. The minimum absolute atomic E-state index is 0.0328. The molecule has 1 N–H and O–H groups in total. The normalized spacial score (nSPS) is 20.8. The zero-order valence-corrected chi connectivity index (χ0v) is 19.2. The minimum atomic E-state index is -0.552. The maximum atomic E-state index is 13.3. The Morgan fingerprint density at radius 3 is 2.60 bits per heavy atom. The Hall–Kier alpha value is -4.26. The van der Waals surface area contributed by atoms with Crippen LogP contribution in [-0.2, 0) is 16.0 Å². The number of fused-ring (bicyclic) bond motifs is 5. The molecule has 35 heavy (non-hydrogen) atoms. The van der Waals surface area contributed by atoms with E-state index in [4.69, 9.17) is 9.47 Å². The molecule has 7 rings (SSSR count). The second kappa shape index (κ2) is 7.37. The van der Waals surface area contributed by atoms with Gasteiger partial charge in [-0.05, 0) is 46.5 Å². The van der Waals surface area contributed by atoms with Crippen LogP contribution in [0, 0.1) is 0 Å². The topological polar surface area (TPSA) is 74.9 Å². The molecule has 4 heterocycles. The maximum Gasteiger partial charge on any atom is 0.245 e. The van der Waals surface area contributed by atoms with Crippen molar-refractivity contribution in [3.8, 4) is 22.6 Å². The molecule has 0 radical (unpaired) electrons. The van der Waals surface area contributed by atoms with Crippen molar-refractivity contribution in [1.29, 1.82) is 0 Å². The van der Waals surface area contributed by atoms with Crippen molar-refractivity contribution < 1.29 is 19.1 Å². The average Bonchev–Trinajstić information content (AvgIpc) is 3.50. The molecule has 7 heteroatoms. The molecular formula is C28H23N3O4. The minimum Gasteiger partial charge on any atom is -0.454 e. The van der Waals surface area contributed by atoms with Crippen LogP contribution in [0.3, 0.4) is 0 Å². The largest absolute Gasteiger partial charge is 0.454 e. The molecule has 1 fully saturated rings. The third-order valence-electron chi connectivity index (χ3n) is 7.37. The van der Waals surface area contributed by atoms with E-state index in [2.05, 4.69) is 35.3 Å². The second-order valence-electron chi connectivity index (χ2n) is 9.37. The van der Waals surface area contributed by atoms with E-state index >= 15 is 0 Å². The lowest BCUT2D eigenvalue weighted by molar-refractivity contribution is -0.157. The predicted molar refractivity (Wildman–Crippen MR) is 130 cm³/mol. The van der Waals surface area contributed by atoms with E-state index < -0.39 is 12.1 Å². The van der Waals surface area contributed by atoms with Crippen LogP contribution in [0.2, 0.25) is 0 Å². The zero-order chi connectivity index (χ0) is 23.7. The van der Waals surface area contributed by atoms with Crippen molar-refractivity contribution in [3.63, 3.8) is 0 Å². The smallest absolute Gasteiger partial charge is 0.245 e. The van der Waals surface area contributed by atoms with Crippen molar-refractivity contribution in [2.75, 3.05) is 20.4 Å². The molecule has 7 nitrogen and oxygen atoms in total. The van der Waals surface area contributed by atoms with Crippen molar-refractivity contribution in [1.82, 2.24) is 14.8 Å². The van der Waals surface area contributed by atoms with Gasteiger partial charge in [-0.2, -0.15) is 0 Å². The summed E-state index contributed by atoms with van der Waals surface area (Å²) >= 11 is 0. The van der Waals surface area contributed by atoms with Crippen LogP contribution in [-0.4, -0.2) is 53.0 Å². The zero-order valence-electron chi connectivity index (χ0n) is 19.2. The standard InChI is InChI=1S/C28H23N3O4/c1-30-14-25(32)31-22(28(30)33)13-20-19-11-17(16-5-3-2-4-6-16)7-9-21(19)29-26(20)27(31)18-8-10-23-24(12-18)35-15-34-23/h2-12,22,27,29H,13-15H2,1H3/t22?,27-/m1/s1. The molecule has 1 aromatic heterocycles. The molecule has 0 saturated carbocycles. The van der Waals surface area contributed by atoms with Gasteiger partial charge in [0.2, 0.25) is 18.6 Å². The number of benzene rings is 3. The van der Waals surface area contributed by atoms with E-state index in [1.54, 1.807) is 11.9 Å². The summed E-state index contributed by atoms with van der Waals surface area (Å²) in [6.45, 7) is 0.252. The Balaban J connectivity index is 1.44. The van der Waals surface area contributed by atoms with Crippen LogP contribution in [0.1, 0.15) is 22.9 Å². The first-order valence-corrected chi connectivity index (χ1v) is 11.7. The van der Waals surface area contributed by atoms with E-state index in [1.807, 2.05) is 36.4 Å². The SMILES string of the molecule is CN1CC(=O)N2C(Cc3c([nH]c4ccc(-c5ccccc5)cc34)[C@H]2c2ccc3c(c2)OCO3)C1=O. The van der Waals surface area contributed by atoms with Gasteiger partial charge in [0, 0.05) is 30.1 Å². The number of nitrogens with zero attached hydrogens (tertiary/aromatic N) is 2. The molecule has 174 valence electrons. The summed E-state index contributed by atoms with van der Waals surface area (Å²) in [5, 5.41) is 1.08. The number of amides is 2. The van der Waals surface area contributed by atoms with Crippen LogP contribution in [0.5, 0.6) is 11.5 Å². The molecular weight excluding hydrogens is 442 g/mol. The fourth-order valence-electron chi connectivity index (χ4n) is 5.69. The molecule has 3 aromatic carbocycles. The number of hydrogen-bond acceptors (Lipinski definition) is 4. The fourth-order valence-corrected chi connectivity index (χ4v) is 5.69. The Bertz CT molecular complexity index is 1510. The Labute approximate surface area is 201 Å². The van der Waals surface area contributed by atoms with Gasteiger partial charge >= 0.3 is 0 Å². The Morgan fingerprint density at radius 2 is 1.74 bits per heavy atom. The van der Waals surface area contributed by atoms with E-state index in [0.717, 1.165) is 38.9 Å². The van der Waals surface area contributed by atoms with Crippen molar-refractivity contribution in [3.05, 3.63) is 83.6 Å². The summed E-state index contributed by atoms with van der Waals surface area (Å²) in [5.74, 6) is 1.25. The van der Waals surface area contributed by atoms with E-state index in [1.165, 1.54) is 4.90 Å².